The number of aliphatic hydroxyl groups excluding tert-OH is 1. The third-order valence-corrected chi connectivity index (χ3v) is 3.51. The number of hydrogen-bond acceptors (Lipinski definition) is 4. The molecule has 1 aromatic rings. The number of non-ortho nitro benzene ring substituents is 1. The van der Waals surface area contributed by atoms with Gasteiger partial charge in [-0.05, 0) is 34.8 Å². The average molecular weight is 301 g/mol. The topological polar surface area (TPSA) is 66.6 Å². The van der Waals surface area contributed by atoms with Gasteiger partial charge in [0.05, 0.1) is 16.7 Å². The van der Waals surface area contributed by atoms with E-state index in [0.717, 1.165) is 25.1 Å². The summed E-state index contributed by atoms with van der Waals surface area (Å²) in [4.78, 5) is 12.3. The monoisotopic (exact) mass is 300 g/mol. The Bertz CT molecular complexity index is 439. The van der Waals surface area contributed by atoms with Crippen molar-refractivity contribution in [3.63, 3.8) is 0 Å². The van der Waals surface area contributed by atoms with Crippen LogP contribution in [0.5, 0.6) is 0 Å². The molecule has 0 radical (unpaired) electrons. The van der Waals surface area contributed by atoms with Crippen LogP contribution in [0.1, 0.15) is 12.8 Å². The van der Waals surface area contributed by atoms with Gasteiger partial charge in [-0.3, -0.25) is 10.1 Å². The van der Waals surface area contributed by atoms with E-state index in [2.05, 4.69) is 15.9 Å². The van der Waals surface area contributed by atoms with Gasteiger partial charge in [-0.2, -0.15) is 0 Å². The Kier molecular flexibility index (Phi) is 3.63. The molecule has 1 saturated heterocycles. The quantitative estimate of drug-likeness (QED) is 0.672. The molecule has 1 heterocycles. The highest BCUT2D eigenvalue weighted by Gasteiger charge is 2.20. The van der Waals surface area contributed by atoms with E-state index in [1.807, 2.05) is 4.90 Å². The highest BCUT2D eigenvalue weighted by Crippen LogP contribution is 2.31. The Balaban J connectivity index is 2.23. The van der Waals surface area contributed by atoms with E-state index in [1.165, 1.54) is 12.1 Å². The van der Waals surface area contributed by atoms with Crippen molar-refractivity contribution in [1.29, 1.82) is 0 Å². The minimum absolute atomic E-state index is 0.0678. The van der Waals surface area contributed by atoms with Gasteiger partial charge in [0.25, 0.3) is 5.69 Å². The number of hydrogen-bond donors (Lipinski definition) is 1. The fourth-order valence-corrected chi connectivity index (χ4v) is 2.66. The normalized spacial score (nSPS) is 20.4. The number of piperidine rings is 1. The summed E-state index contributed by atoms with van der Waals surface area (Å²) in [5.74, 6) is 0. The third-order valence-electron chi connectivity index (χ3n) is 2.88. The van der Waals surface area contributed by atoms with Crippen molar-refractivity contribution in [2.24, 2.45) is 0 Å². The van der Waals surface area contributed by atoms with Crippen LogP contribution in [-0.4, -0.2) is 29.2 Å². The predicted octanol–water partition coefficient (Wildman–Crippen LogP) is 2.32. The van der Waals surface area contributed by atoms with Crippen LogP contribution in [0.3, 0.4) is 0 Å². The van der Waals surface area contributed by atoms with Gasteiger partial charge in [0, 0.05) is 29.7 Å². The third kappa shape index (κ3) is 2.76. The van der Waals surface area contributed by atoms with Crippen molar-refractivity contribution in [2.45, 2.75) is 18.9 Å². The summed E-state index contributed by atoms with van der Waals surface area (Å²) in [6, 6.07) is 4.71. The lowest BCUT2D eigenvalue weighted by Gasteiger charge is -2.32. The van der Waals surface area contributed by atoms with Crippen molar-refractivity contribution in [2.75, 3.05) is 18.0 Å². The molecule has 5 nitrogen and oxygen atoms in total. The lowest BCUT2D eigenvalue weighted by atomic mass is 10.1. The molecule has 0 saturated carbocycles. The minimum Gasteiger partial charge on any atom is -0.391 e. The van der Waals surface area contributed by atoms with Crippen LogP contribution in [0.15, 0.2) is 22.7 Å². The lowest BCUT2D eigenvalue weighted by Crippen LogP contribution is -2.38. The van der Waals surface area contributed by atoms with Crippen LogP contribution in [-0.2, 0) is 0 Å². The first-order chi connectivity index (χ1) is 8.08. The second-order valence-electron chi connectivity index (χ2n) is 4.13. The molecule has 0 bridgehead atoms. The second-order valence-corrected chi connectivity index (χ2v) is 4.99. The van der Waals surface area contributed by atoms with E-state index in [9.17, 15) is 15.2 Å². The number of anilines is 1. The van der Waals surface area contributed by atoms with E-state index in [0.29, 0.717) is 11.0 Å². The summed E-state index contributed by atoms with van der Waals surface area (Å²) in [7, 11) is 0. The Morgan fingerprint density at radius 2 is 2.29 bits per heavy atom. The number of nitrogens with zero attached hydrogens (tertiary/aromatic N) is 2. The van der Waals surface area contributed by atoms with Crippen LogP contribution >= 0.6 is 15.9 Å². The van der Waals surface area contributed by atoms with Gasteiger partial charge in [0.1, 0.15) is 0 Å². The molecule has 1 aliphatic heterocycles. The van der Waals surface area contributed by atoms with Crippen LogP contribution in [0.25, 0.3) is 0 Å². The van der Waals surface area contributed by atoms with Gasteiger partial charge < -0.3 is 10.0 Å². The maximum Gasteiger partial charge on any atom is 0.270 e. The summed E-state index contributed by atoms with van der Waals surface area (Å²) in [5, 5.41) is 20.2. The van der Waals surface area contributed by atoms with Gasteiger partial charge >= 0.3 is 0 Å². The molecule has 0 aliphatic carbocycles. The van der Waals surface area contributed by atoms with Crippen molar-refractivity contribution in [1.82, 2.24) is 0 Å². The molecule has 92 valence electrons. The molecule has 0 amide bonds. The Hall–Kier alpha value is -1.14. The van der Waals surface area contributed by atoms with Gasteiger partial charge in [0.2, 0.25) is 0 Å². The molecule has 1 aliphatic rings. The number of halogens is 1. The molecule has 1 fully saturated rings. The summed E-state index contributed by atoms with van der Waals surface area (Å²) < 4.78 is 0.695. The SMILES string of the molecule is O=[N+]([O-])c1ccc(N2CCCC(O)C2)c(Br)c1. The van der Waals surface area contributed by atoms with Crippen LogP contribution in [0.2, 0.25) is 0 Å². The molecule has 1 aromatic carbocycles. The number of nitro benzene ring substituents is 1. The van der Waals surface area contributed by atoms with E-state index >= 15 is 0 Å². The Labute approximate surface area is 107 Å². The molecule has 17 heavy (non-hydrogen) atoms. The van der Waals surface area contributed by atoms with Crippen LogP contribution < -0.4 is 4.90 Å². The molecular weight excluding hydrogens is 288 g/mol. The number of β-amino-alcohol motifs (C(OH)–C–C–N with tert-alkyl or cyclic N) is 1. The highest BCUT2D eigenvalue weighted by atomic mass is 79.9. The predicted molar refractivity (Wildman–Crippen MR) is 68.3 cm³/mol. The van der Waals surface area contributed by atoms with Gasteiger partial charge in [0.15, 0.2) is 0 Å². The number of benzene rings is 1. The maximum absolute atomic E-state index is 10.6. The molecule has 1 N–H and O–H groups in total. The van der Waals surface area contributed by atoms with Gasteiger partial charge in [-0.25, -0.2) is 0 Å². The van der Waals surface area contributed by atoms with Crippen molar-refractivity contribution >= 4 is 27.3 Å². The van der Waals surface area contributed by atoms with Crippen molar-refractivity contribution in [3.05, 3.63) is 32.8 Å². The molecule has 6 heteroatoms. The smallest absolute Gasteiger partial charge is 0.270 e. The Morgan fingerprint density at radius 1 is 1.53 bits per heavy atom. The standard InChI is InChI=1S/C11H13BrN2O3/c12-10-6-8(14(16)17)3-4-11(10)13-5-1-2-9(15)7-13/h3-4,6,9,15H,1-2,5,7H2. The van der Waals surface area contributed by atoms with E-state index in [4.69, 9.17) is 0 Å². The van der Waals surface area contributed by atoms with E-state index in [1.54, 1.807) is 6.07 Å². The first-order valence-corrected chi connectivity index (χ1v) is 6.24. The molecular formula is C11H13BrN2O3. The van der Waals surface area contributed by atoms with Crippen LogP contribution in [0, 0.1) is 10.1 Å². The first kappa shape index (κ1) is 12.3. The number of rotatable bonds is 2. The summed E-state index contributed by atoms with van der Waals surface area (Å²) in [6.45, 7) is 1.45. The summed E-state index contributed by atoms with van der Waals surface area (Å²) in [5.41, 5.74) is 0.965. The number of aliphatic hydroxyl groups is 1. The zero-order valence-corrected chi connectivity index (χ0v) is 10.8. The maximum atomic E-state index is 10.6. The van der Waals surface area contributed by atoms with Crippen LogP contribution in [0.4, 0.5) is 11.4 Å². The second kappa shape index (κ2) is 5.01. The van der Waals surface area contributed by atoms with E-state index in [-0.39, 0.29) is 11.8 Å². The largest absolute Gasteiger partial charge is 0.391 e. The zero-order chi connectivity index (χ0) is 12.4. The van der Waals surface area contributed by atoms with Gasteiger partial charge in [-0.15, -0.1) is 0 Å². The summed E-state index contributed by atoms with van der Waals surface area (Å²) in [6.07, 6.45) is 1.44. The molecule has 1 unspecified atom stereocenters. The first-order valence-electron chi connectivity index (χ1n) is 5.45. The highest BCUT2D eigenvalue weighted by molar-refractivity contribution is 9.10. The molecule has 0 spiro atoms. The summed E-state index contributed by atoms with van der Waals surface area (Å²) >= 11 is 3.34. The number of nitro groups is 1. The van der Waals surface area contributed by atoms with Gasteiger partial charge in [-0.1, -0.05) is 0 Å². The van der Waals surface area contributed by atoms with E-state index < -0.39 is 4.92 Å². The lowest BCUT2D eigenvalue weighted by molar-refractivity contribution is -0.384. The Morgan fingerprint density at radius 3 is 2.88 bits per heavy atom. The van der Waals surface area contributed by atoms with Crippen molar-refractivity contribution < 1.29 is 10.0 Å². The molecule has 0 aromatic heterocycles. The molecule has 2 rings (SSSR count). The zero-order valence-electron chi connectivity index (χ0n) is 9.17. The fraction of sp³-hybridized carbons (Fsp3) is 0.455. The van der Waals surface area contributed by atoms with Crippen molar-refractivity contribution in [3.8, 4) is 0 Å². The molecule has 1 atom stereocenters. The average Bonchev–Trinajstić information content (AvgIpc) is 2.28. The fourth-order valence-electron chi connectivity index (χ4n) is 2.04. The minimum atomic E-state index is -0.417.